The molecule has 0 aliphatic heterocycles. The number of benzene rings is 1. The number of hydrogen-bond donors (Lipinski definition) is 1. The third-order valence-corrected chi connectivity index (χ3v) is 27.5. The first kappa shape index (κ1) is 24.8. The van der Waals surface area contributed by atoms with E-state index in [0.29, 0.717) is 0 Å². The summed E-state index contributed by atoms with van der Waals surface area (Å²) in [4.78, 5) is 12.8. The summed E-state index contributed by atoms with van der Waals surface area (Å²) in [6, 6.07) is 8.13. The van der Waals surface area contributed by atoms with E-state index in [2.05, 4.69) is 68.4 Å². The number of halogens is 2. The molecule has 0 radical (unpaired) electrons. The molecule has 0 saturated heterocycles. The van der Waals surface area contributed by atoms with E-state index in [4.69, 9.17) is 0 Å². The average Bonchev–Trinajstić information content (AvgIpc) is 2.89. The molecule has 137 valence electrons. The number of hydrogen-bond acceptors (Lipinski definition) is 1. The zero-order valence-corrected chi connectivity index (χ0v) is 22.2. The molecule has 0 bridgehead atoms. The third kappa shape index (κ3) is 6.82. The van der Waals surface area contributed by atoms with Gasteiger partial charge in [-0.3, -0.25) is 0 Å². The summed E-state index contributed by atoms with van der Waals surface area (Å²) in [6.07, 6.45) is 5.70. The maximum atomic E-state index is 12.8. The quantitative estimate of drug-likeness (QED) is 0.443. The summed E-state index contributed by atoms with van der Waals surface area (Å²) in [5.41, 5.74) is 3.47. The van der Waals surface area contributed by atoms with Gasteiger partial charge in [0.25, 0.3) is 0 Å². The Balaban J connectivity index is 0.00000288. The van der Waals surface area contributed by atoms with Gasteiger partial charge >= 0.3 is 150 Å². The molecule has 1 aliphatic carbocycles. The number of rotatable bonds is 4. The Morgan fingerprint density at radius 3 is 2.32 bits per heavy atom. The van der Waals surface area contributed by atoms with Gasteiger partial charge in [0, 0.05) is 0 Å². The van der Waals surface area contributed by atoms with Crippen LogP contribution in [0.3, 0.4) is 0 Å². The van der Waals surface area contributed by atoms with E-state index >= 15 is 0 Å². The van der Waals surface area contributed by atoms with Gasteiger partial charge in [-0.2, -0.15) is 0 Å². The van der Waals surface area contributed by atoms with E-state index in [9.17, 15) is 4.79 Å². The smallest absolute Gasteiger partial charge is 1.00 e. The van der Waals surface area contributed by atoms with Gasteiger partial charge in [0.2, 0.25) is 0 Å². The summed E-state index contributed by atoms with van der Waals surface area (Å²) in [6.45, 7) is 13.5. The fourth-order valence-corrected chi connectivity index (χ4v) is 22.1. The predicted octanol–water partition coefficient (Wildman–Crippen LogP) is -1.53. The van der Waals surface area contributed by atoms with Gasteiger partial charge in [0.15, 0.2) is 0 Å². The number of amides is 1. The van der Waals surface area contributed by atoms with E-state index in [-0.39, 0.29) is 36.1 Å². The zero-order chi connectivity index (χ0) is 17.2. The molecule has 6 heteroatoms. The molecule has 25 heavy (non-hydrogen) atoms. The summed E-state index contributed by atoms with van der Waals surface area (Å²) < 4.78 is 5.09. The van der Waals surface area contributed by atoms with Crippen molar-refractivity contribution in [3.05, 3.63) is 56.4 Å². The minimum Gasteiger partial charge on any atom is -1.00 e. The molecule has 1 aromatic rings. The molecule has 2 nitrogen and oxygen atoms in total. The number of carbonyl (C=O) groups is 1. The van der Waals surface area contributed by atoms with Crippen molar-refractivity contribution in [2.45, 2.75) is 52.6 Å². The maximum Gasteiger partial charge on any atom is -1.00 e. The van der Waals surface area contributed by atoms with Crippen molar-refractivity contribution < 1.29 is 50.5 Å². The van der Waals surface area contributed by atoms with Crippen LogP contribution in [0.1, 0.15) is 50.0 Å². The Labute approximate surface area is 173 Å². The SMILES string of the molecule is CC1=CC[C]([Hf+2]([NH]C(=O)c2cccc(C(C)(C)C)c2)[SiH](C)C)=C1.[Cl-].[Cl-]. The first-order valence-corrected chi connectivity index (χ1v) is 21.0. The largest absolute Gasteiger partial charge is 1.00 e. The summed E-state index contributed by atoms with van der Waals surface area (Å²) in [5.74, 6) is -0.669. The second kappa shape index (κ2) is 10.2. The van der Waals surface area contributed by atoms with Gasteiger partial charge in [-0.1, -0.05) is 0 Å². The van der Waals surface area contributed by atoms with Crippen molar-refractivity contribution in [1.82, 2.24) is 3.30 Å². The second-order valence-electron chi connectivity index (χ2n) is 7.68. The number of allylic oxidation sites excluding steroid dienone is 4. The van der Waals surface area contributed by atoms with Gasteiger partial charge in [-0.15, -0.1) is 0 Å². The normalized spacial score (nSPS) is 13.4. The summed E-state index contributed by atoms with van der Waals surface area (Å²) >= 11 is -2.17. The molecule has 0 fully saturated rings. The van der Waals surface area contributed by atoms with Crippen LogP contribution < -0.4 is 28.1 Å². The molecular weight excluding hydrogens is 536 g/mol. The van der Waals surface area contributed by atoms with Gasteiger partial charge in [0.1, 0.15) is 0 Å². The Morgan fingerprint density at radius 1 is 1.20 bits per heavy atom. The molecule has 2 rings (SSSR count). The van der Waals surface area contributed by atoms with Crippen molar-refractivity contribution in [1.29, 1.82) is 0 Å². The van der Waals surface area contributed by atoms with Crippen LogP contribution in [0.2, 0.25) is 13.1 Å². The first-order valence-electron chi connectivity index (χ1n) is 8.35. The number of nitrogens with one attached hydrogen (secondary N) is 1. The van der Waals surface area contributed by atoms with Crippen molar-refractivity contribution in [3.63, 3.8) is 0 Å². The van der Waals surface area contributed by atoms with Crippen LogP contribution in [0.15, 0.2) is 45.3 Å². The van der Waals surface area contributed by atoms with E-state index in [0.717, 1.165) is 12.0 Å². The van der Waals surface area contributed by atoms with Crippen LogP contribution in [-0.4, -0.2) is 11.9 Å². The molecule has 1 amide bonds. The van der Waals surface area contributed by atoms with Crippen molar-refractivity contribution in [2.75, 3.05) is 0 Å². The third-order valence-electron chi connectivity index (χ3n) is 4.21. The van der Waals surface area contributed by atoms with Crippen LogP contribution in [0.5, 0.6) is 0 Å². The molecule has 1 aliphatic rings. The molecular formula is C19H28Cl2HfNOSi. The molecule has 0 aromatic heterocycles. The fraction of sp³-hybridized carbons (Fsp3) is 0.421. The first-order chi connectivity index (χ1) is 10.7. The zero-order valence-electron chi connectivity index (χ0n) is 15.9. The molecule has 0 atom stereocenters. The van der Waals surface area contributed by atoms with Crippen LogP contribution in [-0.2, 0) is 26.3 Å². The standard InChI is InChI=1S/C11H15NO.C6H7.C2H7Si.2ClH.Hf/c1-11(2,3)9-6-4-5-8(7-9)10(12)13;1-6-4-2-3-5-6;1-3-2;;;/h4-7H,1-3H3,(H2,12,13);4-5H,2H2,1H3;3H,1-2H3;2*1H;/q;;;;;+3/p-3. The van der Waals surface area contributed by atoms with E-state index < -0.39 is 26.9 Å². The second-order valence-corrected chi connectivity index (χ2v) is 33.3. The molecule has 1 aromatic carbocycles. The van der Waals surface area contributed by atoms with Gasteiger partial charge < -0.3 is 24.8 Å². The summed E-state index contributed by atoms with van der Waals surface area (Å²) in [5, 5.41) is 0. The summed E-state index contributed by atoms with van der Waals surface area (Å²) in [7, 11) is 0. The van der Waals surface area contributed by atoms with E-state index in [1.807, 2.05) is 12.1 Å². The van der Waals surface area contributed by atoms with Crippen LogP contribution >= 0.6 is 0 Å². The minimum absolute atomic E-state index is 0. The predicted molar refractivity (Wildman–Crippen MR) is 97.9 cm³/mol. The van der Waals surface area contributed by atoms with E-state index in [1.165, 1.54) is 11.1 Å². The molecule has 1 N–H and O–H groups in total. The van der Waals surface area contributed by atoms with Crippen molar-refractivity contribution >= 4 is 11.9 Å². The maximum absolute atomic E-state index is 12.8. The Bertz CT molecular complexity index is 666. The van der Waals surface area contributed by atoms with Crippen molar-refractivity contribution in [2.24, 2.45) is 0 Å². The molecule has 0 saturated carbocycles. The molecule has 0 spiro atoms. The van der Waals surface area contributed by atoms with Crippen LogP contribution in [0.25, 0.3) is 0 Å². The molecule has 0 unspecified atom stereocenters. The van der Waals surface area contributed by atoms with Crippen molar-refractivity contribution in [3.8, 4) is 0 Å². The van der Waals surface area contributed by atoms with Crippen LogP contribution in [0, 0.1) is 0 Å². The van der Waals surface area contributed by atoms with Gasteiger partial charge in [-0.25, -0.2) is 0 Å². The topological polar surface area (TPSA) is 29.1 Å². The fourth-order valence-electron chi connectivity index (χ4n) is 2.77. The Kier molecular flexibility index (Phi) is 10.2. The van der Waals surface area contributed by atoms with Gasteiger partial charge in [-0.05, 0) is 0 Å². The minimum atomic E-state index is -2.17. The number of carbonyl (C=O) groups excluding carboxylic acids is 1. The Morgan fingerprint density at radius 2 is 1.84 bits per heavy atom. The van der Waals surface area contributed by atoms with Crippen LogP contribution in [0.4, 0.5) is 0 Å². The van der Waals surface area contributed by atoms with E-state index in [1.54, 1.807) is 3.33 Å². The monoisotopic (exact) mass is 564 g/mol. The average molecular weight is 564 g/mol. The van der Waals surface area contributed by atoms with Gasteiger partial charge in [0.05, 0.1) is 0 Å². The molecule has 0 heterocycles. The Hall–Kier alpha value is -0.163.